The van der Waals surface area contributed by atoms with Gasteiger partial charge in [0.2, 0.25) is 0 Å². The van der Waals surface area contributed by atoms with Crippen LogP contribution in [0.5, 0.6) is 0 Å². The summed E-state index contributed by atoms with van der Waals surface area (Å²) in [4.78, 5) is 10.5. The summed E-state index contributed by atoms with van der Waals surface area (Å²) >= 11 is 5.85. The average Bonchev–Trinajstić information content (AvgIpc) is 2.65. The third-order valence-electron chi connectivity index (χ3n) is 2.09. The number of nitrogens with zero attached hydrogens (tertiary/aromatic N) is 1. The van der Waals surface area contributed by atoms with Gasteiger partial charge in [0.05, 0.1) is 12.1 Å². The van der Waals surface area contributed by atoms with Crippen molar-refractivity contribution in [2.24, 2.45) is 0 Å². The largest absolute Gasteiger partial charge is 0.481 e. The lowest BCUT2D eigenvalue weighted by Gasteiger charge is -1.95. The maximum atomic E-state index is 10.5. The Hall–Kier alpha value is -1.81. The quantitative estimate of drug-likeness (QED) is 0.860. The minimum atomic E-state index is -0.888. The van der Waals surface area contributed by atoms with Crippen LogP contribution >= 0.6 is 11.6 Å². The fourth-order valence-corrected chi connectivity index (χ4v) is 1.60. The molecule has 2 N–H and O–H groups in total. The average molecular weight is 237 g/mol. The monoisotopic (exact) mass is 236 g/mol. The second-order valence-corrected chi connectivity index (χ2v) is 3.80. The number of hydrogen-bond donors (Lipinski definition) is 2. The topological polar surface area (TPSA) is 66.0 Å². The molecule has 2 aromatic rings. The minimum Gasteiger partial charge on any atom is -0.481 e. The first-order valence-electron chi connectivity index (χ1n) is 4.67. The molecule has 82 valence electrons. The van der Waals surface area contributed by atoms with E-state index in [0.29, 0.717) is 16.4 Å². The Balaban J connectivity index is 2.28. The summed E-state index contributed by atoms with van der Waals surface area (Å²) in [6.45, 7) is 0. The zero-order valence-corrected chi connectivity index (χ0v) is 9.03. The first kappa shape index (κ1) is 10.7. The summed E-state index contributed by atoms with van der Waals surface area (Å²) < 4.78 is 0. The van der Waals surface area contributed by atoms with Crippen molar-refractivity contribution in [2.75, 3.05) is 0 Å². The van der Waals surface area contributed by atoms with Crippen molar-refractivity contribution in [3.05, 3.63) is 41.0 Å². The van der Waals surface area contributed by atoms with E-state index in [4.69, 9.17) is 16.7 Å². The van der Waals surface area contributed by atoms with E-state index >= 15 is 0 Å². The van der Waals surface area contributed by atoms with E-state index < -0.39 is 5.97 Å². The SMILES string of the molecule is O=C(O)Cc1cc(-c2cccc(Cl)c2)n[nH]1. The van der Waals surface area contributed by atoms with Crippen LogP contribution in [-0.2, 0) is 11.2 Å². The van der Waals surface area contributed by atoms with E-state index in [1.54, 1.807) is 18.2 Å². The number of aromatic nitrogens is 2. The number of H-pyrrole nitrogens is 1. The summed E-state index contributed by atoms with van der Waals surface area (Å²) in [5, 5.41) is 16.0. The van der Waals surface area contributed by atoms with Crippen molar-refractivity contribution in [1.29, 1.82) is 0 Å². The van der Waals surface area contributed by atoms with Gasteiger partial charge in [-0.1, -0.05) is 23.7 Å². The molecule has 0 unspecified atom stereocenters. The Morgan fingerprint density at radius 2 is 2.25 bits per heavy atom. The Kier molecular flexibility index (Phi) is 2.92. The van der Waals surface area contributed by atoms with E-state index in [9.17, 15) is 4.79 Å². The van der Waals surface area contributed by atoms with Gasteiger partial charge in [-0.05, 0) is 18.2 Å². The molecule has 0 amide bonds. The zero-order valence-electron chi connectivity index (χ0n) is 8.27. The smallest absolute Gasteiger partial charge is 0.309 e. The molecule has 16 heavy (non-hydrogen) atoms. The summed E-state index contributed by atoms with van der Waals surface area (Å²) in [6, 6.07) is 8.95. The Labute approximate surface area is 96.9 Å². The number of nitrogens with one attached hydrogen (secondary N) is 1. The highest BCUT2D eigenvalue weighted by Crippen LogP contribution is 2.21. The van der Waals surface area contributed by atoms with Gasteiger partial charge < -0.3 is 5.11 Å². The number of hydrogen-bond acceptors (Lipinski definition) is 2. The van der Waals surface area contributed by atoms with Gasteiger partial charge in [0.25, 0.3) is 0 Å². The molecule has 0 atom stereocenters. The number of halogens is 1. The molecule has 5 heteroatoms. The van der Waals surface area contributed by atoms with Gasteiger partial charge in [0, 0.05) is 16.3 Å². The van der Waals surface area contributed by atoms with Crippen molar-refractivity contribution in [1.82, 2.24) is 10.2 Å². The third kappa shape index (κ3) is 2.41. The molecular formula is C11H9ClN2O2. The van der Waals surface area contributed by atoms with Crippen molar-refractivity contribution in [3.63, 3.8) is 0 Å². The van der Waals surface area contributed by atoms with Gasteiger partial charge in [-0.15, -0.1) is 0 Å². The Morgan fingerprint density at radius 3 is 2.94 bits per heavy atom. The lowest BCUT2D eigenvalue weighted by Crippen LogP contribution is -1.99. The molecule has 0 aliphatic rings. The number of carbonyl (C=O) groups is 1. The molecule has 1 aromatic heterocycles. The van der Waals surface area contributed by atoms with E-state index in [1.807, 2.05) is 12.1 Å². The van der Waals surface area contributed by atoms with Gasteiger partial charge in [0.15, 0.2) is 0 Å². The van der Waals surface area contributed by atoms with Crippen molar-refractivity contribution < 1.29 is 9.90 Å². The van der Waals surface area contributed by atoms with E-state index in [-0.39, 0.29) is 6.42 Å². The molecule has 2 rings (SSSR count). The fourth-order valence-electron chi connectivity index (χ4n) is 1.41. The lowest BCUT2D eigenvalue weighted by molar-refractivity contribution is -0.136. The Morgan fingerprint density at radius 1 is 1.44 bits per heavy atom. The molecule has 0 aliphatic carbocycles. The van der Waals surface area contributed by atoms with Gasteiger partial charge in [0.1, 0.15) is 0 Å². The first-order valence-corrected chi connectivity index (χ1v) is 5.05. The van der Waals surface area contributed by atoms with E-state index in [2.05, 4.69) is 10.2 Å². The van der Waals surface area contributed by atoms with Gasteiger partial charge in [-0.2, -0.15) is 5.10 Å². The molecular weight excluding hydrogens is 228 g/mol. The minimum absolute atomic E-state index is 0.0619. The standard InChI is InChI=1S/C11H9ClN2O2/c12-8-3-1-2-7(4-8)10-5-9(13-14-10)6-11(15)16/h1-5H,6H2,(H,13,14)(H,15,16). The molecule has 4 nitrogen and oxygen atoms in total. The molecule has 0 spiro atoms. The highest BCUT2D eigenvalue weighted by atomic mass is 35.5. The van der Waals surface area contributed by atoms with Crippen molar-refractivity contribution in [3.8, 4) is 11.3 Å². The first-order chi connectivity index (χ1) is 7.65. The summed E-state index contributed by atoms with van der Waals surface area (Å²) in [6.07, 6.45) is -0.0619. The number of carboxylic acid groups (broad SMARTS) is 1. The number of benzene rings is 1. The molecule has 0 saturated heterocycles. The fraction of sp³-hybridized carbons (Fsp3) is 0.0909. The predicted octanol–water partition coefficient (Wildman–Crippen LogP) is 2.36. The number of aliphatic carboxylic acids is 1. The summed E-state index contributed by atoms with van der Waals surface area (Å²) in [7, 11) is 0. The number of carboxylic acids is 1. The third-order valence-corrected chi connectivity index (χ3v) is 2.33. The summed E-state index contributed by atoms with van der Waals surface area (Å²) in [5.41, 5.74) is 2.13. The van der Waals surface area contributed by atoms with Crippen LogP contribution in [0.1, 0.15) is 5.69 Å². The second kappa shape index (κ2) is 4.37. The molecule has 1 heterocycles. The van der Waals surface area contributed by atoms with Gasteiger partial charge in [-0.3, -0.25) is 9.89 Å². The Bertz CT molecular complexity index is 522. The summed E-state index contributed by atoms with van der Waals surface area (Å²) in [5.74, 6) is -0.888. The van der Waals surface area contributed by atoms with Crippen LogP contribution in [0.25, 0.3) is 11.3 Å². The highest BCUT2D eigenvalue weighted by molar-refractivity contribution is 6.30. The van der Waals surface area contributed by atoms with Crippen LogP contribution < -0.4 is 0 Å². The van der Waals surface area contributed by atoms with Crippen LogP contribution in [0.3, 0.4) is 0 Å². The van der Waals surface area contributed by atoms with Crippen LogP contribution in [0, 0.1) is 0 Å². The van der Waals surface area contributed by atoms with Gasteiger partial charge >= 0.3 is 5.97 Å². The molecule has 0 fully saturated rings. The molecule has 0 saturated carbocycles. The molecule has 0 aliphatic heterocycles. The highest BCUT2D eigenvalue weighted by Gasteiger charge is 2.07. The molecule has 0 radical (unpaired) electrons. The number of aromatic amines is 1. The maximum Gasteiger partial charge on any atom is 0.309 e. The molecule has 0 bridgehead atoms. The zero-order chi connectivity index (χ0) is 11.5. The maximum absolute atomic E-state index is 10.5. The van der Waals surface area contributed by atoms with Crippen LogP contribution in [0.2, 0.25) is 5.02 Å². The van der Waals surface area contributed by atoms with E-state index in [1.165, 1.54) is 0 Å². The number of rotatable bonds is 3. The normalized spacial score (nSPS) is 10.3. The van der Waals surface area contributed by atoms with Crippen LogP contribution in [0.15, 0.2) is 30.3 Å². The van der Waals surface area contributed by atoms with Crippen molar-refractivity contribution >= 4 is 17.6 Å². The predicted molar refractivity (Wildman–Crippen MR) is 60.4 cm³/mol. The van der Waals surface area contributed by atoms with Crippen LogP contribution in [0.4, 0.5) is 0 Å². The van der Waals surface area contributed by atoms with Crippen molar-refractivity contribution in [2.45, 2.75) is 6.42 Å². The second-order valence-electron chi connectivity index (χ2n) is 3.36. The van der Waals surface area contributed by atoms with Crippen LogP contribution in [-0.4, -0.2) is 21.3 Å². The van der Waals surface area contributed by atoms with Gasteiger partial charge in [-0.25, -0.2) is 0 Å². The lowest BCUT2D eigenvalue weighted by atomic mass is 10.1. The van der Waals surface area contributed by atoms with E-state index in [0.717, 1.165) is 5.56 Å². The molecule has 1 aromatic carbocycles.